The van der Waals surface area contributed by atoms with Gasteiger partial charge >= 0.3 is 0 Å². The maximum absolute atomic E-state index is 6.10. The van der Waals surface area contributed by atoms with Gasteiger partial charge in [0, 0.05) is 19.6 Å². The molecule has 0 bridgehead atoms. The van der Waals surface area contributed by atoms with Crippen LogP contribution in [0.3, 0.4) is 0 Å². The van der Waals surface area contributed by atoms with Crippen molar-refractivity contribution >= 4 is 0 Å². The molecule has 0 N–H and O–H groups in total. The van der Waals surface area contributed by atoms with Crippen molar-refractivity contribution in [2.45, 2.75) is 39.6 Å². The van der Waals surface area contributed by atoms with Crippen molar-refractivity contribution in [2.24, 2.45) is 0 Å². The number of benzene rings is 6. The molecule has 55 heavy (non-hydrogen) atoms. The predicted molar refractivity (Wildman–Crippen MR) is 217 cm³/mol. The summed E-state index contributed by atoms with van der Waals surface area (Å²) in [5, 5.41) is 0. The third-order valence-electron chi connectivity index (χ3n) is 8.98. The van der Waals surface area contributed by atoms with E-state index in [1.54, 1.807) is 0 Å². The second kappa shape index (κ2) is 22.7. The summed E-state index contributed by atoms with van der Waals surface area (Å²) in [5.74, 6) is 2.54. The molecular weight excluding hydrogens is 687 g/mol. The lowest BCUT2D eigenvalue weighted by Gasteiger charge is -2.22. The number of rotatable bonds is 24. The zero-order chi connectivity index (χ0) is 37.6. The fourth-order valence-electron chi connectivity index (χ4n) is 5.75. The van der Waals surface area contributed by atoms with Crippen molar-refractivity contribution in [3.63, 3.8) is 0 Å². The summed E-state index contributed by atoms with van der Waals surface area (Å²) < 4.78 is 36.1. The second-order valence-corrected chi connectivity index (χ2v) is 13.3. The molecule has 0 fully saturated rings. The van der Waals surface area contributed by atoms with Crippen molar-refractivity contribution in [1.82, 2.24) is 4.90 Å². The molecule has 0 radical (unpaired) electrons. The minimum atomic E-state index is 0.538. The van der Waals surface area contributed by atoms with Crippen molar-refractivity contribution in [3.05, 3.63) is 197 Å². The molecule has 0 aromatic heterocycles. The third kappa shape index (κ3) is 14.7. The smallest absolute Gasteiger partial charge is 0.119 e. The molecule has 0 unspecified atom stereocenters. The van der Waals surface area contributed by atoms with Gasteiger partial charge in [-0.15, -0.1) is 0 Å². The van der Waals surface area contributed by atoms with E-state index in [9.17, 15) is 0 Å². The van der Waals surface area contributed by atoms with Gasteiger partial charge < -0.3 is 28.4 Å². The zero-order valence-corrected chi connectivity index (χ0v) is 31.5. The van der Waals surface area contributed by atoms with E-state index in [1.165, 1.54) is 0 Å². The molecule has 0 saturated carbocycles. The Morgan fingerprint density at radius 1 is 0.273 bits per heavy atom. The van der Waals surface area contributed by atoms with Crippen LogP contribution in [0.1, 0.15) is 33.4 Å². The standard InChI is InChI=1S/C48H51NO6/c1-4-10-40(11-5-1)37-53-46-22-16-43(17-23-46)34-50-31-28-49(29-32-51-35-44-18-24-47(25-19-44)54-38-41-12-6-2-7-13-41)30-33-52-36-45-20-26-48(27-21-45)55-39-42-14-8-3-9-15-42/h1-27H,28-39H2. The molecule has 0 aliphatic rings. The van der Waals surface area contributed by atoms with E-state index in [-0.39, 0.29) is 0 Å². The summed E-state index contributed by atoms with van der Waals surface area (Å²) in [4.78, 5) is 2.33. The van der Waals surface area contributed by atoms with Crippen molar-refractivity contribution in [2.75, 3.05) is 39.5 Å². The molecule has 284 valence electrons. The van der Waals surface area contributed by atoms with E-state index < -0.39 is 0 Å². The summed E-state index contributed by atoms with van der Waals surface area (Å²) in [6.45, 7) is 7.36. The molecule has 0 aliphatic heterocycles. The van der Waals surface area contributed by atoms with Gasteiger partial charge in [0.05, 0.1) is 39.6 Å². The number of nitrogens with zero attached hydrogens (tertiary/aromatic N) is 1. The first-order valence-electron chi connectivity index (χ1n) is 19.0. The minimum Gasteiger partial charge on any atom is -0.489 e. The van der Waals surface area contributed by atoms with Crippen molar-refractivity contribution < 1.29 is 28.4 Å². The van der Waals surface area contributed by atoms with Gasteiger partial charge in [0.1, 0.15) is 37.1 Å². The summed E-state index contributed by atoms with van der Waals surface area (Å²) in [7, 11) is 0. The van der Waals surface area contributed by atoms with Crippen LogP contribution in [0.25, 0.3) is 0 Å². The third-order valence-corrected chi connectivity index (χ3v) is 8.98. The van der Waals surface area contributed by atoms with Gasteiger partial charge in [-0.05, 0) is 69.8 Å². The zero-order valence-electron chi connectivity index (χ0n) is 31.5. The Hall–Kier alpha value is -5.44. The molecule has 0 aliphatic carbocycles. The summed E-state index contributed by atoms with van der Waals surface area (Å²) >= 11 is 0. The Bertz CT molecular complexity index is 1660. The van der Waals surface area contributed by atoms with E-state index in [0.717, 1.165) is 70.3 Å². The Morgan fingerprint density at radius 2 is 0.527 bits per heavy atom. The average molecular weight is 738 g/mol. The van der Waals surface area contributed by atoms with Crippen LogP contribution in [0.15, 0.2) is 164 Å². The fourth-order valence-corrected chi connectivity index (χ4v) is 5.75. The molecule has 7 heteroatoms. The van der Waals surface area contributed by atoms with Gasteiger partial charge in [0.25, 0.3) is 0 Å². The molecule has 6 rings (SSSR count). The maximum Gasteiger partial charge on any atom is 0.119 e. The first-order valence-corrected chi connectivity index (χ1v) is 19.0. The summed E-state index contributed by atoms with van der Waals surface area (Å²) in [5.41, 5.74) is 6.77. The lowest BCUT2D eigenvalue weighted by atomic mass is 10.2. The number of ether oxygens (including phenoxy) is 6. The fraction of sp³-hybridized carbons (Fsp3) is 0.250. The van der Waals surface area contributed by atoms with Crippen LogP contribution in [0, 0.1) is 0 Å². The van der Waals surface area contributed by atoms with E-state index >= 15 is 0 Å². The highest BCUT2D eigenvalue weighted by atomic mass is 16.5. The quantitative estimate of drug-likeness (QED) is 0.0574. The number of hydrogen-bond acceptors (Lipinski definition) is 7. The summed E-state index contributed by atoms with van der Waals surface area (Å²) in [6, 6.07) is 54.9. The topological polar surface area (TPSA) is 58.6 Å². The van der Waals surface area contributed by atoms with Gasteiger partial charge in [-0.3, -0.25) is 4.90 Å². The van der Waals surface area contributed by atoms with Crippen LogP contribution in [0.4, 0.5) is 0 Å². The molecule has 0 amide bonds. The molecule has 6 aromatic rings. The largest absolute Gasteiger partial charge is 0.489 e. The summed E-state index contributed by atoms with van der Waals surface area (Å²) in [6.07, 6.45) is 0. The van der Waals surface area contributed by atoms with Crippen LogP contribution in [-0.2, 0) is 53.9 Å². The second-order valence-electron chi connectivity index (χ2n) is 13.3. The van der Waals surface area contributed by atoms with Crippen molar-refractivity contribution in [3.8, 4) is 17.2 Å². The van der Waals surface area contributed by atoms with E-state index in [4.69, 9.17) is 28.4 Å². The van der Waals surface area contributed by atoms with Crippen LogP contribution in [0.5, 0.6) is 17.2 Å². The predicted octanol–water partition coefficient (Wildman–Crippen LogP) is 9.68. The Labute approximate surface area is 326 Å². The van der Waals surface area contributed by atoms with Gasteiger partial charge in [0.2, 0.25) is 0 Å². The first kappa shape index (κ1) is 39.3. The van der Waals surface area contributed by atoms with Gasteiger partial charge in [-0.25, -0.2) is 0 Å². The van der Waals surface area contributed by atoms with Gasteiger partial charge in [-0.1, -0.05) is 127 Å². The molecule has 0 atom stereocenters. The Balaban J connectivity index is 0.914. The monoisotopic (exact) mass is 737 g/mol. The number of hydrogen-bond donors (Lipinski definition) is 0. The molecule has 0 saturated heterocycles. The Kier molecular flexibility index (Phi) is 16.2. The molecule has 6 aromatic carbocycles. The lowest BCUT2D eigenvalue weighted by molar-refractivity contribution is 0.0426. The lowest BCUT2D eigenvalue weighted by Crippen LogP contribution is -2.34. The minimum absolute atomic E-state index is 0.538. The van der Waals surface area contributed by atoms with Crippen molar-refractivity contribution in [1.29, 1.82) is 0 Å². The maximum atomic E-state index is 6.10. The Morgan fingerprint density at radius 3 is 0.800 bits per heavy atom. The molecule has 0 heterocycles. The van der Waals surface area contributed by atoms with Crippen LogP contribution < -0.4 is 14.2 Å². The van der Waals surface area contributed by atoms with Gasteiger partial charge in [0.15, 0.2) is 0 Å². The normalized spacial score (nSPS) is 11.1. The highest BCUT2D eigenvalue weighted by molar-refractivity contribution is 5.29. The highest BCUT2D eigenvalue weighted by Crippen LogP contribution is 2.17. The van der Waals surface area contributed by atoms with E-state index in [0.29, 0.717) is 59.5 Å². The molecule has 0 spiro atoms. The van der Waals surface area contributed by atoms with Gasteiger partial charge in [-0.2, -0.15) is 0 Å². The van der Waals surface area contributed by atoms with E-state index in [2.05, 4.69) is 77.7 Å². The van der Waals surface area contributed by atoms with Crippen LogP contribution in [-0.4, -0.2) is 44.4 Å². The van der Waals surface area contributed by atoms with Crippen LogP contribution in [0.2, 0.25) is 0 Å². The molecular formula is C48H51NO6. The molecule has 7 nitrogen and oxygen atoms in total. The average Bonchev–Trinajstić information content (AvgIpc) is 3.25. The van der Waals surface area contributed by atoms with E-state index in [1.807, 2.05) is 91.0 Å². The SMILES string of the molecule is c1ccc(COc2ccc(COCCN(CCOCc3ccc(OCc4ccccc4)cc3)CCOCc3ccc(OCc4ccccc4)cc3)cc2)cc1. The first-order chi connectivity index (χ1) is 27.2. The highest BCUT2D eigenvalue weighted by Gasteiger charge is 2.08. The van der Waals surface area contributed by atoms with Crippen LogP contribution >= 0.6 is 0 Å².